The van der Waals surface area contributed by atoms with E-state index in [0.29, 0.717) is 23.4 Å². The summed E-state index contributed by atoms with van der Waals surface area (Å²) in [5.74, 6) is -3.59. The molecule has 12 heteroatoms. The summed E-state index contributed by atoms with van der Waals surface area (Å²) in [4.78, 5) is 27.8. The molecule has 6 nitrogen and oxygen atoms in total. The Morgan fingerprint density at radius 2 is 1.68 bits per heavy atom. The average molecular weight is 500 g/mol. The van der Waals surface area contributed by atoms with Gasteiger partial charge in [-0.2, -0.15) is 13.2 Å². The van der Waals surface area contributed by atoms with Crippen molar-refractivity contribution in [2.45, 2.75) is 20.0 Å². The molecule has 0 saturated heterocycles. The number of ether oxygens (including phenoxy) is 1. The molecule has 0 aliphatic carbocycles. The molecule has 34 heavy (non-hydrogen) atoms. The molecule has 0 fully saturated rings. The third-order valence-corrected chi connectivity index (χ3v) is 4.80. The fourth-order valence-corrected chi connectivity index (χ4v) is 3.03. The summed E-state index contributed by atoms with van der Waals surface area (Å²) in [6.07, 6.45) is -4.03. The number of urea groups is 1. The van der Waals surface area contributed by atoms with Gasteiger partial charge in [-0.1, -0.05) is 17.7 Å². The number of carbonyl (C=O) groups is 2. The van der Waals surface area contributed by atoms with Crippen LogP contribution in [-0.4, -0.2) is 16.9 Å². The zero-order valence-corrected chi connectivity index (χ0v) is 18.2. The summed E-state index contributed by atoms with van der Waals surface area (Å²) in [6.45, 7) is 3.15. The predicted octanol–water partition coefficient (Wildman–Crippen LogP) is 6.40. The normalized spacial score (nSPS) is 11.2. The van der Waals surface area contributed by atoms with E-state index < -0.39 is 40.9 Å². The molecule has 0 atom stereocenters. The Kier molecular flexibility index (Phi) is 7.06. The Hall–Kier alpha value is -3.73. The Bertz CT molecular complexity index is 1260. The smallest absolute Gasteiger partial charge is 0.417 e. The summed E-state index contributed by atoms with van der Waals surface area (Å²) in [6, 6.07) is 5.37. The lowest BCUT2D eigenvalue weighted by Crippen LogP contribution is -2.35. The van der Waals surface area contributed by atoms with Crippen LogP contribution in [0.15, 0.2) is 42.6 Å². The predicted molar refractivity (Wildman–Crippen MR) is 113 cm³/mol. The highest BCUT2D eigenvalue weighted by Crippen LogP contribution is 2.36. The topological polar surface area (TPSA) is 80.3 Å². The lowest BCUT2D eigenvalue weighted by atomic mass is 10.1. The summed E-state index contributed by atoms with van der Waals surface area (Å²) in [5, 5.41) is 3.86. The molecule has 1 heterocycles. The highest BCUT2D eigenvalue weighted by Gasteiger charge is 2.32. The maximum Gasteiger partial charge on any atom is 0.417 e. The van der Waals surface area contributed by atoms with Crippen LogP contribution in [0.1, 0.15) is 27.0 Å². The lowest BCUT2D eigenvalue weighted by molar-refractivity contribution is -0.137. The van der Waals surface area contributed by atoms with E-state index in [0.717, 1.165) is 18.2 Å². The molecule has 0 aliphatic heterocycles. The number of pyridine rings is 1. The van der Waals surface area contributed by atoms with Crippen LogP contribution in [0.3, 0.4) is 0 Å². The fourth-order valence-electron chi connectivity index (χ4n) is 2.83. The van der Waals surface area contributed by atoms with Gasteiger partial charge in [0.15, 0.2) is 0 Å². The number of nitrogens with one attached hydrogen (secondary N) is 2. The summed E-state index contributed by atoms with van der Waals surface area (Å²) in [7, 11) is 0. The van der Waals surface area contributed by atoms with Gasteiger partial charge in [0, 0.05) is 11.9 Å². The standard InChI is InChI=1S/C22H15ClF5N3O3/c1-10-7-17(34-20-13(23)8-12(9-29-20)22(26,27)28)11(2)6-16(10)30-21(33)31-19(32)18-14(24)4-3-5-15(18)25/h3-9H,1-2H3,(H2,30,31,32,33). The molecule has 0 aliphatic rings. The average Bonchev–Trinajstić information content (AvgIpc) is 2.72. The molecule has 3 rings (SSSR count). The number of amides is 3. The Morgan fingerprint density at radius 1 is 1.03 bits per heavy atom. The second-order valence-corrected chi connectivity index (χ2v) is 7.46. The second kappa shape index (κ2) is 9.64. The van der Waals surface area contributed by atoms with Gasteiger partial charge in [0.1, 0.15) is 28.0 Å². The van der Waals surface area contributed by atoms with E-state index in [1.807, 2.05) is 5.32 Å². The molecule has 0 spiro atoms. The fraction of sp³-hybridized carbons (Fsp3) is 0.136. The molecule has 1 aromatic heterocycles. The Balaban J connectivity index is 1.74. The largest absolute Gasteiger partial charge is 0.437 e. The van der Waals surface area contributed by atoms with Crippen molar-refractivity contribution >= 4 is 29.2 Å². The summed E-state index contributed by atoms with van der Waals surface area (Å²) in [5.41, 5.74) is -0.840. The van der Waals surface area contributed by atoms with E-state index >= 15 is 0 Å². The van der Waals surface area contributed by atoms with Crippen LogP contribution >= 0.6 is 11.6 Å². The van der Waals surface area contributed by atoms with Crippen LogP contribution in [0.4, 0.5) is 32.4 Å². The molecule has 0 radical (unpaired) electrons. The number of rotatable bonds is 4. The molecular weight excluding hydrogens is 485 g/mol. The molecule has 178 valence electrons. The van der Waals surface area contributed by atoms with E-state index in [1.54, 1.807) is 13.8 Å². The van der Waals surface area contributed by atoms with Crippen LogP contribution < -0.4 is 15.4 Å². The number of aryl methyl sites for hydroxylation is 2. The lowest BCUT2D eigenvalue weighted by Gasteiger charge is -2.15. The van der Waals surface area contributed by atoms with Crippen molar-refractivity contribution in [2.75, 3.05) is 5.32 Å². The first-order chi connectivity index (χ1) is 15.9. The van der Waals surface area contributed by atoms with E-state index in [-0.39, 0.29) is 22.3 Å². The van der Waals surface area contributed by atoms with Gasteiger partial charge in [0.25, 0.3) is 5.91 Å². The highest BCUT2D eigenvalue weighted by atomic mass is 35.5. The molecular formula is C22H15ClF5N3O3. The number of imide groups is 1. The number of halogens is 6. The minimum Gasteiger partial charge on any atom is -0.437 e. The van der Waals surface area contributed by atoms with Crippen molar-refractivity contribution in [3.63, 3.8) is 0 Å². The highest BCUT2D eigenvalue weighted by molar-refractivity contribution is 6.31. The SMILES string of the molecule is Cc1cc(Oc2ncc(C(F)(F)F)cc2Cl)c(C)cc1NC(=O)NC(=O)c1c(F)cccc1F. The number of anilines is 1. The third-order valence-electron chi connectivity index (χ3n) is 4.53. The number of benzene rings is 2. The number of alkyl halides is 3. The zero-order valence-electron chi connectivity index (χ0n) is 17.5. The van der Waals surface area contributed by atoms with Gasteiger partial charge in [-0.15, -0.1) is 0 Å². The Labute approximate surface area is 194 Å². The third kappa shape index (κ3) is 5.60. The van der Waals surface area contributed by atoms with Crippen LogP contribution in [-0.2, 0) is 6.18 Å². The number of carbonyl (C=O) groups excluding carboxylic acids is 2. The maximum atomic E-state index is 13.7. The van der Waals surface area contributed by atoms with Crippen LogP contribution in [0.2, 0.25) is 5.02 Å². The minimum atomic E-state index is -4.62. The van der Waals surface area contributed by atoms with Crippen molar-refractivity contribution in [2.24, 2.45) is 0 Å². The molecule has 0 saturated carbocycles. The molecule has 2 aromatic carbocycles. The van der Waals surface area contributed by atoms with Crippen molar-refractivity contribution in [1.82, 2.24) is 10.3 Å². The van der Waals surface area contributed by atoms with Gasteiger partial charge in [-0.3, -0.25) is 10.1 Å². The first-order valence-corrected chi connectivity index (χ1v) is 9.82. The first kappa shape index (κ1) is 24.9. The first-order valence-electron chi connectivity index (χ1n) is 9.45. The van der Waals surface area contributed by atoms with Crippen LogP contribution in [0.25, 0.3) is 0 Å². The zero-order chi connectivity index (χ0) is 25.2. The summed E-state index contributed by atoms with van der Waals surface area (Å²) >= 11 is 5.86. The van der Waals surface area contributed by atoms with E-state index in [4.69, 9.17) is 16.3 Å². The van der Waals surface area contributed by atoms with Gasteiger partial charge >= 0.3 is 12.2 Å². The van der Waals surface area contributed by atoms with Crippen molar-refractivity contribution in [3.8, 4) is 11.6 Å². The number of hydrogen-bond donors (Lipinski definition) is 2. The molecule has 0 bridgehead atoms. The molecule has 0 unspecified atom stereocenters. The number of hydrogen-bond acceptors (Lipinski definition) is 4. The minimum absolute atomic E-state index is 0.196. The number of aromatic nitrogens is 1. The molecule has 2 N–H and O–H groups in total. The van der Waals surface area contributed by atoms with Crippen LogP contribution in [0.5, 0.6) is 11.6 Å². The van der Waals surface area contributed by atoms with Gasteiger partial charge in [0.05, 0.1) is 5.56 Å². The van der Waals surface area contributed by atoms with Gasteiger partial charge < -0.3 is 10.1 Å². The molecule has 3 aromatic rings. The van der Waals surface area contributed by atoms with Crippen molar-refractivity contribution in [3.05, 3.63) is 81.5 Å². The Morgan fingerprint density at radius 3 is 2.26 bits per heavy atom. The van der Waals surface area contributed by atoms with Gasteiger partial charge in [0.2, 0.25) is 5.88 Å². The summed E-state index contributed by atoms with van der Waals surface area (Å²) < 4.78 is 71.3. The van der Waals surface area contributed by atoms with E-state index in [1.165, 1.54) is 12.1 Å². The van der Waals surface area contributed by atoms with Crippen molar-refractivity contribution < 1.29 is 36.3 Å². The maximum absolute atomic E-state index is 13.7. The van der Waals surface area contributed by atoms with Gasteiger partial charge in [-0.05, 0) is 55.3 Å². The van der Waals surface area contributed by atoms with E-state index in [2.05, 4.69) is 10.3 Å². The monoisotopic (exact) mass is 499 g/mol. The second-order valence-electron chi connectivity index (χ2n) is 7.05. The van der Waals surface area contributed by atoms with Crippen LogP contribution in [0, 0.1) is 25.5 Å². The number of nitrogens with zero attached hydrogens (tertiary/aromatic N) is 1. The van der Waals surface area contributed by atoms with E-state index in [9.17, 15) is 31.5 Å². The molecule has 3 amide bonds. The van der Waals surface area contributed by atoms with Crippen molar-refractivity contribution in [1.29, 1.82) is 0 Å². The quantitative estimate of drug-likeness (QED) is 0.407. The van der Waals surface area contributed by atoms with Gasteiger partial charge in [-0.25, -0.2) is 18.6 Å².